The zero-order valence-corrected chi connectivity index (χ0v) is 23.8. The Hall–Kier alpha value is 0.562. The fraction of sp³-hybridized carbons (Fsp3) is 1.00. The standard InChI is InChI=1S/4C3H8O3S.Pb/c4*1-2-3-7(4,5)6;/h4*2-3H2,1H3,(H,4,5,6);/p-4. The molecule has 0 aromatic carbocycles. The summed E-state index contributed by atoms with van der Waals surface area (Å²) in [5.74, 6) is -0.972. The molecule has 0 heterocycles. The van der Waals surface area contributed by atoms with Crippen molar-refractivity contribution in [2.45, 2.75) is 53.4 Å². The fourth-order valence-electron chi connectivity index (χ4n) is 1.00. The number of hydrogen-bond donors (Lipinski definition) is 0. The van der Waals surface area contributed by atoms with Crippen LogP contribution in [0.1, 0.15) is 53.4 Å². The molecular formula is C12H28O12PbS4-4. The molecule has 180 valence electrons. The topological polar surface area (TPSA) is 229 Å². The van der Waals surface area contributed by atoms with Crippen LogP contribution in [0, 0.1) is 0 Å². The SMILES string of the molecule is CCCS(=O)(=O)[O-].CCCS(=O)(=O)[O-].CCCS(=O)(=O)[O-].CCCS(=O)(=O)[O-].[Pb]. The van der Waals surface area contributed by atoms with Gasteiger partial charge in [0.1, 0.15) is 0 Å². The van der Waals surface area contributed by atoms with Crippen LogP contribution in [0.25, 0.3) is 0 Å². The Bertz CT molecular complexity index is 635. The second-order valence-electron chi connectivity index (χ2n) is 5.05. The maximum Gasteiger partial charge on any atom is 0.0945 e. The van der Waals surface area contributed by atoms with Crippen molar-refractivity contribution < 1.29 is 51.9 Å². The molecule has 0 aliphatic rings. The Balaban J connectivity index is -0.0000000873. The molecule has 17 heteroatoms. The van der Waals surface area contributed by atoms with Crippen LogP contribution in [0.3, 0.4) is 0 Å². The van der Waals surface area contributed by atoms with Gasteiger partial charge in [-0.3, -0.25) is 0 Å². The van der Waals surface area contributed by atoms with Gasteiger partial charge in [0.05, 0.1) is 40.5 Å². The minimum atomic E-state index is -3.92. The quantitative estimate of drug-likeness (QED) is 0.228. The van der Waals surface area contributed by atoms with Gasteiger partial charge in [0, 0.05) is 50.3 Å². The van der Waals surface area contributed by atoms with Gasteiger partial charge in [0.25, 0.3) is 0 Å². The molecule has 12 nitrogen and oxygen atoms in total. The van der Waals surface area contributed by atoms with Gasteiger partial charge in [-0.2, -0.15) is 0 Å². The molecule has 0 aromatic rings. The minimum Gasteiger partial charge on any atom is -0.748 e. The Morgan fingerprint density at radius 1 is 0.414 bits per heavy atom. The maximum absolute atomic E-state index is 9.68. The third-order valence-electron chi connectivity index (χ3n) is 1.82. The first-order valence-corrected chi connectivity index (χ1v) is 14.3. The van der Waals surface area contributed by atoms with Crippen molar-refractivity contribution >= 4 is 67.8 Å². The minimum absolute atomic E-state index is 0. The second kappa shape index (κ2) is 20.5. The second-order valence-corrected chi connectivity index (χ2v) is 11.1. The Kier molecular flexibility index (Phi) is 28.2. The molecule has 0 spiro atoms. The van der Waals surface area contributed by atoms with Gasteiger partial charge in [-0.05, 0) is 25.7 Å². The zero-order valence-electron chi connectivity index (χ0n) is 16.7. The van der Waals surface area contributed by atoms with E-state index in [2.05, 4.69) is 0 Å². The van der Waals surface area contributed by atoms with E-state index >= 15 is 0 Å². The van der Waals surface area contributed by atoms with Crippen LogP contribution < -0.4 is 0 Å². The fourth-order valence-corrected chi connectivity index (χ4v) is 3.00. The van der Waals surface area contributed by atoms with Gasteiger partial charge in [-0.15, -0.1) is 0 Å². The molecular weight excluding hydrogens is 672 g/mol. The molecule has 0 aliphatic heterocycles. The van der Waals surface area contributed by atoms with Crippen molar-refractivity contribution in [1.82, 2.24) is 0 Å². The summed E-state index contributed by atoms with van der Waals surface area (Å²) in [4.78, 5) is 0. The van der Waals surface area contributed by atoms with Gasteiger partial charge in [0.2, 0.25) is 0 Å². The summed E-state index contributed by atoms with van der Waals surface area (Å²) in [6.45, 7) is 6.59. The molecule has 0 saturated carbocycles. The van der Waals surface area contributed by atoms with Gasteiger partial charge >= 0.3 is 0 Å². The summed E-state index contributed by atoms with van der Waals surface area (Å²) >= 11 is 0. The van der Waals surface area contributed by atoms with Gasteiger partial charge in [-0.1, -0.05) is 27.7 Å². The van der Waals surface area contributed by atoms with E-state index in [1.54, 1.807) is 27.7 Å². The van der Waals surface area contributed by atoms with E-state index < -0.39 is 40.5 Å². The molecule has 0 saturated heterocycles. The van der Waals surface area contributed by atoms with Crippen LogP contribution in [0.4, 0.5) is 0 Å². The first kappa shape index (κ1) is 40.0. The summed E-state index contributed by atoms with van der Waals surface area (Å²) in [6.07, 6.45) is 1.63. The normalized spacial score (nSPS) is 11.3. The van der Waals surface area contributed by atoms with Crippen molar-refractivity contribution in [3.05, 3.63) is 0 Å². The molecule has 0 amide bonds. The largest absolute Gasteiger partial charge is 0.748 e. The summed E-state index contributed by atoms with van der Waals surface area (Å²) in [5, 5.41) is 0. The number of rotatable bonds is 8. The van der Waals surface area contributed by atoms with Crippen LogP contribution in [-0.2, 0) is 40.5 Å². The monoisotopic (exact) mass is 700 g/mol. The van der Waals surface area contributed by atoms with Crippen molar-refractivity contribution in [3.63, 3.8) is 0 Å². The van der Waals surface area contributed by atoms with E-state index in [1.807, 2.05) is 0 Å². The van der Waals surface area contributed by atoms with Crippen molar-refractivity contribution in [3.8, 4) is 0 Å². The summed E-state index contributed by atoms with van der Waals surface area (Å²) in [6, 6.07) is 0. The smallest absolute Gasteiger partial charge is 0.0945 e. The van der Waals surface area contributed by atoms with Crippen LogP contribution in [0.5, 0.6) is 0 Å². The van der Waals surface area contributed by atoms with E-state index in [0.717, 1.165) is 0 Å². The van der Waals surface area contributed by atoms with E-state index in [4.69, 9.17) is 0 Å². The van der Waals surface area contributed by atoms with Crippen molar-refractivity contribution in [2.75, 3.05) is 23.0 Å². The van der Waals surface area contributed by atoms with E-state index in [0.29, 0.717) is 25.7 Å². The predicted molar refractivity (Wildman–Crippen MR) is 105 cm³/mol. The van der Waals surface area contributed by atoms with Gasteiger partial charge < -0.3 is 18.2 Å². The van der Waals surface area contributed by atoms with E-state index in [1.165, 1.54) is 0 Å². The van der Waals surface area contributed by atoms with Crippen LogP contribution in [0.2, 0.25) is 0 Å². The molecule has 0 rings (SSSR count). The molecule has 0 fully saturated rings. The van der Waals surface area contributed by atoms with E-state index in [9.17, 15) is 51.9 Å². The average molecular weight is 700 g/mol. The first-order chi connectivity index (χ1) is 12.2. The van der Waals surface area contributed by atoms with Crippen molar-refractivity contribution in [2.24, 2.45) is 0 Å². The third kappa shape index (κ3) is 73.5. The Morgan fingerprint density at radius 2 is 0.517 bits per heavy atom. The van der Waals surface area contributed by atoms with E-state index in [-0.39, 0.29) is 50.3 Å². The molecule has 0 bridgehead atoms. The molecule has 0 aliphatic carbocycles. The van der Waals surface area contributed by atoms with Crippen LogP contribution >= 0.6 is 0 Å². The molecule has 0 aromatic heterocycles. The molecule has 0 N–H and O–H groups in total. The van der Waals surface area contributed by atoms with Crippen molar-refractivity contribution in [1.29, 1.82) is 0 Å². The van der Waals surface area contributed by atoms with Gasteiger partial charge in [-0.25, -0.2) is 33.7 Å². The molecule has 29 heavy (non-hydrogen) atoms. The Morgan fingerprint density at radius 3 is 0.517 bits per heavy atom. The molecule has 0 atom stereocenters. The van der Waals surface area contributed by atoms with Crippen LogP contribution in [0.15, 0.2) is 0 Å². The van der Waals surface area contributed by atoms with Crippen LogP contribution in [-0.4, -0.2) is 102 Å². The Labute approximate surface area is 195 Å². The molecule has 0 unspecified atom stereocenters. The first-order valence-electron chi connectivity index (χ1n) is 7.98. The number of hydrogen-bond acceptors (Lipinski definition) is 12. The third-order valence-corrected chi connectivity index (χ3v) is 5.45. The summed E-state index contributed by atoms with van der Waals surface area (Å²) in [5.41, 5.74) is 0. The average Bonchev–Trinajstić information content (AvgIpc) is 2.34. The zero-order chi connectivity index (χ0) is 23.7. The molecule has 4 radical (unpaired) electrons. The maximum atomic E-state index is 9.68. The summed E-state index contributed by atoms with van der Waals surface area (Å²) < 4.78 is 116. The predicted octanol–water partition coefficient (Wildman–Crippen LogP) is -0.614. The summed E-state index contributed by atoms with van der Waals surface area (Å²) in [7, 11) is -15.7. The van der Waals surface area contributed by atoms with Gasteiger partial charge in [0.15, 0.2) is 0 Å².